The molecular weight excluding hydrogens is 276 g/mol. The molecule has 0 aromatic heterocycles. The van der Waals surface area contributed by atoms with Crippen LogP contribution in [0.25, 0.3) is 0 Å². The summed E-state index contributed by atoms with van der Waals surface area (Å²) >= 11 is 0. The van der Waals surface area contributed by atoms with Gasteiger partial charge in [-0.05, 0) is 48.2 Å². The molecule has 1 unspecified atom stereocenters. The Kier molecular flexibility index (Phi) is 4.19. The number of benzene rings is 2. The van der Waals surface area contributed by atoms with Gasteiger partial charge in [-0.1, -0.05) is 30.3 Å². The fourth-order valence-electron chi connectivity index (χ4n) is 2.50. The van der Waals surface area contributed by atoms with Crippen molar-refractivity contribution in [2.24, 2.45) is 10.7 Å². The SMILES string of the molecule is NC(=O)C1CCC(c2ccc(OCc3ccccc3)cc2)=N1. The van der Waals surface area contributed by atoms with E-state index >= 15 is 0 Å². The van der Waals surface area contributed by atoms with Gasteiger partial charge in [-0.2, -0.15) is 0 Å². The molecule has 1 aliphatic heterocycles. The second-order valence-electron chi connectivity index (χ2n) is 5.33. The topological polar surface area (TPSA) is 64.7 Å². The minimum atomic E-state index is -0.371. The number of primary amides is 1. The van der Waals surface area contributed by atoms with E-state index in [1.165, 1.54) is 0 Å². The molecular formula is C18H18N2O2. The summed E-state index contributed by atoms with van der Waals surface area (Å²) in [6.07, 6.45) is 1.49. The predicted octanol–water partition coefficient (Wildman–Crippen LogP) is 2.70. The maximum absolute atomic E-state index is 11.1. The van der Waals surface area contributed by atoms with Gasteiger partial charge in [-0.25, -0.2) is 0 Å². The zero-order chi connectivity index (χ0) is 15.4. The molecule has 2 aromatic carbocycles. The van der Waals surface area contributed by atoms with E-state index in [9.17, 15) is 4.79 Å². The Morgan fingerprint density at radius 2 is 1.86 bits per heavy atom. The fourth-order valence-corrected chi connectivity index (χ4v) is 2.50. The van der Waals surface area contributed by atoms with Crippen LogP contribution in [0, 0.1) is 0 Å². The minimum Gasteiger partial charge on any atom is -0.489 e. The van der Waals surface area contributed by atoms with E-state index in [4.69, 9.17) is 10.5 Å². The predicted molar refractivity (Wildman–Crippen MR) is 86.0 cm³/mol. The van der Waals surface area contributed by atoms with Crippen LogP contribution in [0.3, 0.4) is 0 Å². The van der Waals surface area contributed by atoms with E-state index in [0.29, 0.717) is 13.0 Å². The quantitative estimate of drug-likeness (QED) is 0.921. The summed E-state index contributed by atoms with van der Waals surface area (Å²) < 4.78 is 5.76. The van der Waals surface area contributed by atoms with Crippen molar-refractivity contribution >= 4 is 11.6 Å². The highest BCUT2D eigenvalue weighted by molar-refractivity contribution is 6.04. The number of carbonyl (C=O) groups is 1. The number of nitrogens with two attached hydrogens (primary N) is 1. The molecule has 112 valence electrons. The molecule has 0 saturated carbocycles. The summed E-state index contributed by atoms with van der Waals surface area (Å²) in [5.74, 6) is 0.468. The molecule has 0 aliphatic carbocycles. The first-order valence-electron chi connectivity index (χ1n) is 7.35. The molecule has 0 fully saturated rings. The molecule has 4 heteroatoms. The molecule has 1 amide bonds. The minimum absolute atomic E-state index is 0.349. The normalized spacial score (nSPS) is 17.1. The molecule has 2 aromatic rings. The number of ether oxygens (including phenoxy) is 1. The molecule has 1 atom stereocenters. The molecule has 1 heterocycles. The summed E-state index contributed by atoms with van der Waals surface area (Å²) in [5, 5.41) is 0. The van der Waals surface area contributed by atoms with Gasteiger partial charge in [-0.15, -0.1) is 0 Å². The second-order valence-corrected chi connectivity index (χ2v) is 5.33. The van der Waals surface area contributed by atoms with Crippen LogP contribution in [-0.2, 0) is 11.4 Å². The van der Waals surface area contributed by atoms with Crippen molar-refractivity contribution in [2.45, 2.75) is 25.5 Å². The van der Waals surface area contributed by atoms with Crippen molar-refractivity contribution in [3.05, 3.63) is 65.7 Å². The lowest BCUT2D eigenvalue weighted by atomic mass is 10.1. The van der Waals surface area contributed by atoms with Crippen molar-refractivity contribution in [2.75, 3.05) is 0 Å². The zero-order valence-corrected chi connectivity index (χ0v) is 12.2. The molecule has 4 nitrogen and oxygen atoms in total. The van der Waals surface area contributed by atoms with Gasteiger partial charge in [0.2, 0.25) is 5.91 Å². The van der Waals surface area contributed by atoms with Crippen LogP contribution in [0.2, 0.25) is 0 Å². The highest BCUT2D eigenvalue weighted by atomic mass is 16.5. The van der Waals surface area contributed by atoms with Crippen LogP contribution in [0.4, 0.5) is 0 Å². The van der Waals surface area contributed by atoms with Crippen molar-refractivity contribution in [3.63, 3.8) is 0 Å². The van der Waals surface area contributed by atoms with Crippen LogP contribution in [0.1, 0.15) is 24.0 Å². The number of nitrogens with zero attached hydrogens (tertiary/aromatic N) is 1. The van der Waals surface area contributed by atoms with E-state index < -0.39 is 0 Å². The van der Waals surface area contributed by atoms with E-state index in [0.717, 1.165) is 29.0 Å². The first kappa shape index (κ1) is 14.3. The van der Waals surface area contributed by atoms with Gasteiger partial charge in [-0.3, -0.25) is 9.79 Å². The van der Waals surface area contributed by atoms with Crippen LogP contribution in [0.15, 0.2) is 59.6 Å². The summed E-state index contributed by atoms with van der Waals surface area (Å²) in [7, 11) is 0. The smallest absolute Gasteiger partial charge is 0.242 e. The van der Waals surface area contributed by atoms with Gasteiger partial charge in [0.15, 0.2) is 0 Å². The van der Waals surface area contributed by atoms with Gasteiger partial charge >= 0.3 is 0 Å². The Morgan fingerprint density at radius 3 is 2.50 bits per heavy atom. The Hall–Kier alpha value is -2.62. The molecule has 0 spiro atoms. The summed E-state index contributed by atoms with van der Waals surface area (Å²) in [6, 6.07) is 17.5. The maximum atomic E-state index is 11.1. The third-order valence-electron chi connectivity index (χ3n) is 3.73. The van der Waals surface area contributed by atoms with Crippen LogP contribution < -0.4 is 10.5 Å². The molecule has 0 saturated heterocycles. The first-order valence-corrected chi connectivity index (χ1v) is 7.35. The second kappa shape index (κ2) is 6.43. The van der Waals surface area contributed by atoms with E-state index in [2.05, 4.69) is 4.99 Å². The summed E-state index contributed by atoms with van der Waals surface area (Å²) in [4.78, 5) is 15.5. The molecule has 0 bridgehead atoms. The monoisotopic (exact) mass is 294 g/mol. The number of aliphatic imine (C=N–C) groups is 1. The van der Waals surface area contributed by atoms with Crippen molar-refractivity contribution in [1.29, 1.82) is 0 Å². The third kappa shape index (κ3) is 3.34. The lowest BCUT2D eigenvalue weighted by Crippen LogP contribution is -2.24. The molecule has 0 radical (unpaired) electrons. The Balaban J connectivity index is 1.63. The largest absolute Gasteiger partial charge is 0.489 e. The van der Waals surface area contributed by atoms with E-state index in [-0.39, 0.29) is 11.9 Å². The number of hydrogen-bond acceptors (Lipinski definition) is 3. The van der Waals surface area contributed by atoms with Crippen LogP contribution in [0.5, 0.6) is 5.75 Å². The Morgan fingerprint density at radius 1 is 1.14 bits per heavy atom. The van der Waals surface area contributed by atoms with Gasteiger partial charge in [0.05, 0.1) is 0 Å². The average molecular weight is 294 g/mol. The highest BCUT2D eigenvalue weighted by Gasteiger charge is 2.22. The molecule has 1 aliphatic rings. The lowest BCUT2D eigenvalue weighted by Gasteiger charge is -2.07. The number of rotatable bonds is 5. The van der Waals surface area contributed by atoms with E-state index in [1.54, 1.807) is 0 Å². The van der Waals surface area contributed by atoms with Gasteiger partial charge in [0.1, 0.15) is 18.4 Å². The van der Waals surface area contributed by atoms with Crippen molar-refractivity contribution in [1.82, 2.24) is 0 Å². The molecule has 3 rings (SSSR count). The van der Waals surface area contributed by atoms with Gasteiger partial charge in [0, 0.05) is 5.71 Å². The zero-order valence-electron chi connectivity index (χ0n) is 12.2. The van der Waals surface area contributed by atoms with Gasteiger partial charge < -0.3 is 10.5 Å². The summed E-state index contributed by atoms with van der Waals surface area (Å²) in [6.45, 7) is 0.547. The maximum Gasteiger partial charge on any atom is 0.242 e. The Bertz CT molecular complexity index is 678. The summed E-state index contributed by atoms with van der Waals surface area (Å²) in [5.41, 5.74) is 8.39. The first-order chi connectivity index (χ1) is 10.7. The standard InChI is InChI=1S/C18H18N2O2/c19-18(21)17-11-10-16(20-17)14-6-8-15(9-7-14)22-12-13-4-2-1-3-5-13/h1-9,17H,10-12H2,(H2,19,21). The molecule has 2 N–H and O–H groups in total. The van der Waals surface area contributed by atoms with Gasteiger partial charge in [0.25, 0.3) is 0 Å². The number of carbonyl (C=O) groups excluding carboxylic acids is 1. The van der Waals surface area contributed by atoms with Crippen LogP contribution >= 0.6 is 0 Å². The highest BCUT2D eigenvalue weighted by Crippen LogP contribution is 2.21. The third-order valence-corrected chi connectivity index (χ3v) is 3.73. The number of amides is 1. The fraction of sp³-hybridized carbons (Fsp3) is 0.222. The van der Waals surface area contributed by atoms with Crippen LogP contribution in [-0.4, -0.2) is 17.7 Å². The number of hydrogen-bond donors (Lipinski definition) is 1. The van der Waals surface area contributed by atoms with Crippen molar-refractivity contribution < 1.29 is 9.53 Å². The Labute approximate surface area is 129 Å². The van der Waals surface area contributed by atoms with E-state index in [1.807, 2.05) is 54.6 Å². The lowest BCUT2D eigenvalue weighted by molar-refractivity contribution is -0.119. The average Bonchev–Trinajstić information content (AvgIpc) is 3.05. The molecule has 22 heavy (non-hydrogen) atoms. The van der Waals surface area contributed by atoms with Crippen molar-refractivity contribution in [3.8, 4) is 5.75 Å².